The van der Waals surface area contributed by atoms with Gasteiger partial charge >= 0.3 is 5.97 Å². The van der Waals surface area contributed by atoms with Crippen LogP contribution in [0, 0.1) is 5.92 Å². The monoisotopic (exact) mass is 308 g/mol. The van der Waals surface area contributed by atoms with Crippen LogP contribution in [0.25, 0.3) is 0 Å². The Morgan fingerprint density at radius 2 is 2.00 bits per heavy atom. The molecule has 1 N–H and O–H groups in total. The van der Waals surface area contributed by atoms with E-state index in [1.807, 2.05) is 32.3 Å². The molecule has 0 aromatic heterocycles. The number of fused-ring (bicyclic) bond motifs is 1. The minimum absolute atomic E-state index is 0.241. The van der Waals surface area contributed by atoms with Crippen molar-refractivity contribution in [2.24, 2.45) is 5.92 Å². The van der Waals surface area contributed by atoms with Gasteiger partial charge in [-0.2, -0.15) is 0 Å². The smallest absolute Gasteiger partial charge is 0.308 e. The fourth-order valence-corrected chi connectivity index (χ4v) is 2.39. The maximum absolute atomic E-state index is 11.2. The van der Waals surface area contributed by atoms with Crippen molar-refractivity contribution in [2.75, 3.05) is 45.4 Å². The van der Waals surface area contributed by atoms with Crippen molar-refractivity contribution < 1.29 is 19.4 Å². The highest BCUT2D eigenvalue weighted by Crippen LogP contribution is 2.35. The second-order valence-corrected chi connectivity index (χ2v) is 5.88. The van der Waals surface area contributed by atoms with Crippen molar-refractivity contribution in [1.82, 2.24) is 4.90 Å². The molecule has 1 unspecified atom stereocenters. The van der Waals surface area contributed by atoms with Crippen LogP contribution in [0.5, 0.6) is 11.5 Å². The van der Waals surface area contributed by atoms with Crippen molar-refractivity contribution in [1.29, 1.82) is 0 Å². The molecule has 0 bridgehead atoms. The van der Waals surface area contributed by atoms with Gasteiger partial charge in [0.05, 0.1) is 5.92 Å². The molecule has 0 saturated carbocycles. The van der Waals surface area contributed by atoms with Gasteiger partial charge in [-0.25, -0.2) is 0 Å². The topological polar surface area (TPSA) is 62.2 Å². The lowest BCUT2D eigenvalue weighted by Gasteiger charge is -2.27. The molecular formula is C16H24N2O4. The Bertz CT molecular complexity index is 519. The summed E-state index contributed by atoms with van der Waals surface area (Å²) in [6, 6.07) is 5.76. The maximum Gasteiger partial charge on any atom is 0.308 e. The van der Waals surface area contributed by atoms with Crippen molar-refractivity contribution in [2.45, 2.75) is 13.3 Å². The number of benzene rings is 1. The Labute approximate surface area is 131 Å². The van der Waals surface area contributed by atoms with E-state index in [1.165, 1.54) is 0 Å². The molecule has 2 rings (SSSR count). The Balaban J connectivity index is 2.10. The quantitative estimate of drug-likeness (QED) is 0.791. The van der Waals surface area contributed by atoms with E-state index in [-0.39, 0.29) is 6.79 Å². The van der Waals surface area contributed by atoms with Crippen LogP contribution in [-0.4, -0.2) is 56.5 Å². The SMILES string of the molecule is CC(CN(CCCN(C)C)c1ccc2c(c1)OCO2)C(=O)O. The number of carboxylic acids is 1. The Morgan fingerprint density at radius 3 is 2.68 bits per heavy atom. The van der Waals surface area contributed by atoms with Crippen LogP contribution < -0.4 is 14.4 Å². The summed E-state index contributed by atoms with van der Waals surface area (Å²) >= 11 is 0. The highest BCUT2D eigenvalue weighted by molar-refractivity contribution is 5.70. The first-order valence-electron chi connectivity index (χ1n) is 7.49. The van der Waals surface area contributed by atoms with E-state index in [0.29, 0.717) is 6.54 Å². The number of hydrogen-bond donors (Lipinski definition) is 1. The minimum atomic E-state index is -0.779. The third-order valence-electron chi connectivity index (χ3n) is 3.67. The van der Waals surface area contributed by atoms with Gasteiger partial charge < -0.3 is 24.4 Å². The molecule has 1 heterocycles. The lowest BCUT2D eigenvalue weighted by Crippen LogP contribution is -2.33. The first-order chi connectivity index (χ1) is 10.5. The van der Waals surface area contributed by atoms with E-state index in [1.54, 1.807) is 6.92 Å². The number of nitrogens with zero attached hydrogens (tertiary/aromatic N) is 2. The van der Waals surface area contributed by atoms with Crippen LogP contribution in [0.15, 0.2) is 18.2 Å². The second-order valence-electron chi connectivity index (χ2n) is 5.88. The van der Waals surface area contributed by atoms with Gasteiger partial charge in [0.1, 0.15) is 0 Å². The fourth-order valence-electron chi connectivity index (χ4n) is 2.39. The number of ether oxygens (including phenoxy) is 2. The van der Waals surface area contributed by atoms with Gasteiger partial charge in [0.15, 0.2) is 11.5 Å². The Hall–Kier alpha value is -1.95. The average molecular weight is 308 g/mol. The summed E-state index contributed by atoms with van der Waals surface area (Å²) in [5, 5.41) is 9.17. The molecule has 1 atom stereocenters. The number of carbonyl (C=O) groups is 1. The zero-order valence-electron chi connectivity index (χ0n) is 13.4. The van der Waals surface area contributed by atoms with E-state index >= 15 is 0 Å². The van der Waals surface area contributed by atoms with Gasteiger partial charge in [-0.1, -0.05) is 6.92 Å². The summed E-state index contributed by atoms with van der Waals surface area (Å²) in [5.74, 6) is 0.254. The third kappa shape index (κ3) is 4.27. The normalized spacial score (nSPS) is 14.2. The molecule has 1 aromatic rings. The largest absolute Gasteiger partial charge is 0.481 e. The van der Waals surface area contributed by atoms with Gasteiger partial charge in [-0.3, -0.25) is 4.79 Å². The van der Waals surface area contributed by atoms with Crippen LogP contribution >= 0.6 is 0 Å². The molecule has 0 amide bonds. The zero-order valence-corrected chi connectivity index (χ0v) is 13.4. The van der Waals surface area contributed by atoms with Gasteiger partial charge in [-0.15, -0.1) is 0 Å². The van der Waals surface area contributed by atoms with Crippen LogP contribution in [0.2, 0.25) is 0 Å². The summed E-state index contributed by atoms with van der Waals surface area (Å²) in [4.78, 5) is 15.4. The molecular weight excluding hydrogens is 284 g/mol. The minimum Gasteiger partial charge on any atom is -0.481 e. The average Bonchev–Trinajstić information content (AvgIpc) is 2.92. The van der Waals surface area contributed by atoms with Crippen molar-refractivity contribution >= 4 is 11.7 Å². The summed E-state index contributed by atoms with van der Waals surface area (Å²) in [5.41, 5.74) is 0.969. The van der Waals surface area contributed by atoms with Crippen LogP contribution in [-0.2, 0) is 4.79 Å². The summed E-state index contributed by atoms with van der Waals surface area (Å²) < 4.78 is 10.7. The molecule has 1 aromatic carbocycles. The fraction of sp³-hybridized carbons (Fsp3) is 0.562. The standard InChI is InChI=1S/C16H24N2O4/c1-12(16(19)20)10-18(8-4-7-17(2)3)13-5-6-14-15(9-13)22-11-21-14/h5-6,9,12H,4,7-8,10-11H2,1-3H3,(H,19,20). The maximum atomic E-state index is 11.2. The summed E-state index contributed by atoms with van der Waals surface area (Å²) in [7, 11) is 4.07. The Morgan fingerprint density at radius 1 is 1.27 bits per heavy atom. The van der Waals surface area contributed by atoms with E-state index < -0.39 is 11.9 Å². The molecule has 6 nitrogen and oxygen atoms in total. The lowest BCUT2D eigenvalue weighted by molar-refractivity contribution is -0.140. The Kier molecular flexibility index (Phi) is 5.49. The molecule has 6 heteroatoms. The first kappa shape index (κ1) is 16.4. The van der Waals surface area contributed by atoms with E-state index in [0.717, 1.165) is 36.7 Å². The van der Waals surface area contributed by atoms with Gasteiger partial charge in [0.25, 0.3) is 0 Å². The molecule has 1 aliphatic rings. The van der Waals surface area contributed by atoms with Crippen LogP contribution in [0.4, 0.5) is 5.69 Å². The van der Waals surface area contributed by atoms with Crippen LogP contribution in [0.1, 0.15) is 13.3 Å². The highest BCUT2D eigenvalue weighted by Gasteiger charge is 2.19. The molecule has 1 aliphatic heterocycles. The van der Waals surface area contributed by atoms with Crippen LogP contribution in [0.3, 0.4) is 0 Å². The third-order valence-corrected chi connectivity index (χ3v) is 3.67. The van der Waals surface area contributed by atoms with E-state index in [2.05, 4.69) is 9.80 Å². The molecule has 0 spiro atoms. The summed E-state index contributed by atoms with van der Waals surface area (Å²) in [6.45, 7) is 4.21. The zero-order chi connectivity index (χ0) is 16.1. The molecule has 0 radical (unpaired) electrons. The number of hydrogen-bond acceptors (Lipinski definition) is 5. The lowest BCUT2D eigenvalue weighted by atomic mass is 10.1. The number of carboxylic acid groups (broad SMARTS) is 1. The molecule has 22 heavy (non-hydrogen) atoms. The van der Waals surface area contributed by atoms with Crippen molar-refractivity contribution in [3.63, 3.8) is 0 Å². The van der Waals surface area contributed by atoms with E-state index in [9.17, 15) is 4.79 Å². The predicted molar refractivity (Wildman–Crippen MR) is 84.7 cm³/mol. The number of rotatable bonds is 8. The number of aliphatic carboxylic acids is 1. The van der Waals surface area contributed by atoms with Gasteiger partial charge in [0.2, 0.25) is 6.79 Å². The highest BCUT2D eigenvalue weighted by atomic mass is 16.7. The predicted octanol–water partition coefficient (Wildman–Crippen LogP) is 1.89. The summed E-state index contributed by atoms with van der Waals surface area (Å²) in [6.07, 6.45) is 0.966. The molecule has 122 valence electrons. The molecule has 0 fully saturated rings. The van der Waals surface area contributed by atoms with E-state index in [4.69, 9.17) is 14.6 Å². The first-order valence-corrected chi connectivity index (χ1v) is 7.49. The van der Waals surface area contributed by atoms with Crippen molar-refractivity contribution in [3.8, 4) is 11.5 Å². The number of anilines is 1. The van der Waals surface area contributed by atoms with Gasteiger partial charge in [0, 0.05) is 24.8 Å². The molecule has 0 aliphatic carbocycles. The second kappa shape index (κ2) is 7.35. The van der Waals surface area contributed by atoms with Crippen molar-refractivity contribution in [3.05, 3.63) is 18.2 Å². The van der Waals surface area contributed by atoms with Gasteiger partial charge in [-0.05, 0) is 39.2 Å². The molecule has 0 saturated heterocycles.